The Balaban J connectivity index is 1.47. The zero-order valence-corrected chi connectivity index (χ0v) is 24.4. The first kappa shape index (κ1) is 31.5. The van der Waals surface area contributed by atoms with Crippen LogP contribution in [0.2, 0.25) is 0 Å². The summed E-state index contributed by atoms with van der Waals surface area (Å²) < 4.78 is 116. The molecule has 5 nitrogen and oxygen atoms in total. The summed E-state index contributed by atoms with van der Waals surface area (Å²) in [5.74, 6) is -0.203. The third-order valence-corrected chi connectivity index (χ3v) is 10.5. The molecule has 0 bridgehead atoms. The van der Waals surface area contributed by atoms with Crippen LogP contribution in [0.5, 0.6) is 0 Å². The highest BCUT2D eigenvalue weighted by Crippen LogP contribution is 2.44. The Hall–Kier alpha value is -2.93. The Morgan fingerprint density at radius 2 is 1.47 bits per heavy atom. The fourth-order valence-electron chi connectivity index (χ4n) is 6.48. The van der Waals surface area contributed by atoms with E-state index in [9.17, 15) is 34.8 Å². The minimum absolute atomic E-state index is 0.00606. The topological polar surface area (TPSA) is 49.9 Å². The molecule has 5 rings (SSSR count). The van der Waals surface area contributed by atoms with E-state index in [4.69, 9.17) is 4.74 Å². The Morgan fingerprint density at radius 1 is 0.837 bits per heavy atom. The molecule has 43 heavy (non-hydrogen) atoms. The summed E-state index contributed by atoms with van der Waals surface area (Å²) in [7, 11) is -2.91. The molecular weight excluding hydrogens is 594 g/mol. The van der Waals surface area contributed by atoms with Gasteiger partial charge in [-0.3, -0.25) is 4.90 Å². The molecule has 0 aliphatic carbocycles. The lowest BCUT2D eigenvalue weighted by atomic mass is 9.74. The molecule has 0 spiro atoms. The van der Waals surface area contributed by atoms with Crippen molar-refractivity contribution in [2.75, 3.05) is 33.4 Å². The molecule has 2 heterocycles. The lowest BCUT2D eigenvalue weighted by molar-refractivity contribution is -0.140. The van der Waals surface area contributed by atoms with Crippen LogP contribution in [-0.4, -0.2) is 63.1 Å². The quantitative estimate of drug-likeness (QED) is 0.278. The molecule has 2 saturated heterocycles. The van der Waals surface area contributed by atoms with E-state index >= 15 is 0 Å². The van der Waals surface area contributed by atoms with Gasteiger partial charge in [0.2, 0.25) is 10.0 Å². The minimum atomic E-state index is -4.83. The highest BCUT2D eigenvalue weighted by atomic mass is 32.2. The van der Waals surface area contributed by atoms with Crippen molar-refractivity contribution < 1.29 is 39.5 Å². The molecule has 1 unspecified atom stereocenters. The summed E-state index contributed by atoms with van der Waals surface area (Å²) in [6.07, 6.45) is -8.16. The minimum Gasteiger partial charge on any atom is -0.383 e. The van der Waals surface area contributed by atoms with Crippen molar-refractivity contribution in [3.05, 3.63) is 89.0 Å². The van der Waals surface area contributed by atoms with Gasteiger partial charge < -0.3 is 4.74 Å². The summed E-state index contributed by atoms with van der Waals surface area (Å²) in [6, 6.07) is 15.0. The largest absolute Gasteiger partial charge is 0.417 e. The number of methoxy groups -OCH3 is 1. The van der Waals surface area contributed by atoms with E-state index in [1.807, 2.05) is 12.1 Å². The smallest absolute Gasteiger partial charge is 0.383 e. The Bertz CT molecular complexity index is 1560. The molecular formula is C31H32F6N2O3S. The van der Waals surface area contributed by atoms with Crippen molar-refractivity contribution in [1.29, 1.82) is 0 Å². The van der Waals surface area contributed by atoms with Gasteiger partial charge in [0.05, 0.1) is 22.6 Å². The number of fused-ring (bicyclic) bond motifs is 1. The van der Waals surface area contributed by atoms with E-state index in [-0.39, 0.29) is 36.7 Å². The molecule has 3 atom stereocenters. The number of nitrogens with zero attached hydrogens (tertiary/aromatic N) is 2. The predicted octanol–water partition coefficient (Wildman–Crippen LogP) is 6.97. The molecule has 0 N–H and O–H groups in total. The fourth-order valence-corrected chi connectivity index (χ4v) is 8.19. The Kier molecular flexibility index (Phi) is 8.69. The number of halogens is 6. The average Bonchev–Trinajstić information content (AvgIpc) is 2.93. The lowest BCUT2D eigenvalue weighted by Crippen LogP contribution is -2.68. The summed E-state index contributed by atoms with van der Waals surface area (Å²) in [5.41, 5.74) is 0.137. The maximum atomic E-state index is 13.8. The van der Waals surface area contributed by atoms with Crippen LogP contribution in [-0.2, 0) is 27.1 Å². The standard InChI is InChI=1S/C31H32F6N2O3S/c1-20-23(8-7-10-24(20)30(32,33)34)21-12-14-22(15-13-21)29-26-18-38(16-5-6-17-39(26)27(29)19-42-2)43(40,41)28-11-4-3-9-25(28)31(35,36)37/h3-4,7-15,26-27,29H,5-6,16-19H2,1-2H3/t26-,27?,29-/m0/s1. The zero-order chi connectivity index (χ0) is 31.2. The second-order valence-corrected chi connectivity index (χ2v) is 12.9. The van der Waals surface area contributed by atoms with Crippen LogP contribution in [0.15, 0.2) is 71.6 Å². The molecule has 3 aromatic carbocycles. The molecule has 2 aliphatic rings. The molecule has 2 aliphatic heterocycles. The van der Waals surface area contributed by atoms with Crippen molar-refractivity contribution in [2.45, 2.75) is 55.0 Å². The summed E-state index contributed by atoms with van der Waals surface area (Å²) >= 11 is 0. The van der Waals surface area contributed by atoms with Crippen LogP contribution in [0, 0.1) is 6.92 Å². The zero-order valence-electron chi connectivity index (χ0n) is 23.6. The summed E-state index contributed by atoms with van der Waals surface area (Å²) in [5, 5.41) is 0. The predicted molar refractivity (Wildman–Crippen MR) is 150 cm³/mol. The van der Waals surface area contributed by atoms with E-state index in [0.717, 1.165) is 28.1 Å². The van der Waals surface area contributed by atoms with Crippen molar-refractivity contribution >= 4 is 10.0 Å². The number of benzene rings is 3. The van der Waals surface area contributed by atoms with Crippen molar-refractivity contribution in [3.8, 4) is 11.1 Å². The van der Waals surface area contributed by atoms with Gasteiger partial charge in [0, 0.05) is 38.2 Å². The van der Waals surface area contributed by atoms with E-state index in [1.54, 1.807) is 25.3 Å². The molecule has 3 aromatic rings. The van der Waals surface area contributed by atoms with E-state index in [0.29, 0.717) is 37.1 Å². The van der Waals surface area contributed by atoms with Gasteiger partial charge in [-0.1, -0.05) is 48.5 Å². The van der Waals surface area contributed by atoms with Gasteiger partial charge >= 0.3 is 12.4 Å². The maximum Gasteiger partial charge on any atom is 0.417 e. The number of hydrogen-bond donors (Lipinski definition) is 0. The molecule has 0 saturated carbocycles. The van der Waals surface area contributed by atoms with Gasteiger partial charge in [0.15, 0.2) is 0 Å². The van der Waals surface area contributed by atoms with Gasteiger partial charge in [0.1, 0.15) is 0 Å². The normalized spacial score (nSPS) is 22.4. The van der Waals surface area contributed by atoms with Crippen LogP contribution in [0.4, 0.5) is 26.3 Å². The first-order valence-electron chi connectivity index (χ1n) is 13.9. The van der Waals surface area contributed by atoms with Gasteiger partial charge in [-0.25, -0.2) is 8.42 Å². The maximum absolute atomic E-state index is 13.8. The number of sulfonamides is 1. The molecule has 0 amide bonds. The van der Waals surface area contributed by atoms with Crippen LogP contribution >= 0.6 is 0 Å². The highest BCUT2D eigenvalue weighted by molar-refractivity contribution is 7.89. The Labute approximate surface area is 247 Å². The number of ether oxygens (including phenoxy) is 1. The highest BCUT2D eigenvalue weighted by Gasteiger charge is 2.51. The second-order valence-electron chi connectivity index (χ2n) is 11.0. The van der Waals surface area contributed by atoms with E-state index < -0.39 is 38.4 Å². The molecule has 232 valence electrons. The van der Waals surface area contributed by atoms with Gasteiger partial charge in [-0.15, -0.1) is 0 Å². The SMILES string of the molecule is COCC1[C@@H](c2ccc(-c3cccc(C(F)(F)F)c3C)cc2)[C@@H]2CN(S(=O)(=O)c3ccccc3C(F)(F)F)CCCCN12. The third kappa shape index (κ3) is 6.07. The van der Waals surface area contributed by atoms with Crippen molar-refractivity contribution in [1.82, 2.24) is 9.21 Å². The summed E-state index contributed by atoms with van der Waals surface area (Å²) in [6.45, 7) is 2.57. The summed E-state index contributed by atoms with van der Waals surface area (Å²) in [4.78, 5) is 1.39. The van der Waals surface area contributed by atoms with Crippen LogP contribution in [0.25, 0.3) is 11.1 Å². The monoisotopic (exact) mass is 626 g/mol. The lowest BCUT2D eigenvalue weighted by Gasteiger charge is -2.57. The third-order valence-electron chi connectivity index (χ3n) is 8.54. The number of rotatable bonds is 6. The molecule has 0 radical (unpaired) electrons. The van der Waals surface area contributed by atoms with Crippen LogP contribution in [0.1, 0.15) is 41.0 Å². The second kappa shape index (κ2) is 11.9. The van der Waals surface area contributed by atoms with E-state index in [1.165, 1.54) is 25.1 Å². The molecule has 0 aromatic heterocycles. The van der Waals surface area contributed by atoms with Crippen molar-refractivity contribution in [3.63, 3.8) is 0 Å². The first-order chi connectivity index (χ1) is 20.2. The van der Waals surface area contributed by atoms with E-state index in [2.05, 4.69) is 4.90 Å². The number of hydrogen-bond acceptors (Lipinski definition) is 4. The van der Waals surface area contributed by atoms with Gasteiger partial charge in [0.25, 0.3) is 0 Å². The Morgan fingerprint density at radius 3 is 2.12 bits per heavy atom. The average molecular weight is 627 g/mol. The van der Waals surface area contributed by atoms with Gasteiger partial charge in [-0.2, -0.15) is 30.6 Å². The van der Waals surface area contributed by atoms with Crippen molar-refractivity contribution in [2.24, 2.45) is 0 Å². The fraction of sp³-hybridized carbons (Fsp3) is 0.419. The van der Waals surface area contributed by atoms with Crippen LogP contribution in [0.3, 0.4) is 0 Å². The van der Waals surface area contributed by atoms with Gasteiger partial charge in [-0.05, 0) is 66.8 Å². The molecule has 12 heteroatoms. The first-order valence-corrected chi connectivity index (χ1v) is 15.4. The number of alkyl halides is 6. The molecule has 2 fully saturated rings. The van der Waals surface area contributed by atoms with Crippen LogP contribution < -0.4 is 0 Å².